The van der Waals surface area contributed by atoms with Crippen molar-refractivity contribution in [2.24, 2.45) is 0 Å². The second-order valence-electron chi connectivity index (χ2n) is 8.79. The van der Waals surface area contributed by atoms with E-state index in [9.17, 15) is 14.4 Å². The average molecular weight is 487 g/mol. The largest absolute Gasteiger partial charge is 0.437 e. The number of carbonyl (C=O) groups is 1. The Balaban J connectivity index is 1.52. The van der Waals surface area contributed by atoms with E-state index in [-0.39, 0.29) is 34.1 Å². The molecule has 0 aliphatic carbocycles. The van der Waals surface area contributed by atoms with Crippen LogP contribution in [0.25, 0.3) is 5.69 Å². The normalized spacial score (nSPS) is 11.0. The van der Waals surface area contributed by atoms with Crippen LogP contribution in [-0.2, 0) is 5.41 Å². The molecule has 0 radical (unpaired) electrons. The van der Waals surface area contributed by atoms with Crippen molar-refractivity contribution in [3.05, 3.63) is 78.0 Å². The van der Waals surface area contributed by atoms with Gasteiger partial charge in [-0.1, -0.05) is 39.0 Å². The molecule has 4 rings (SSSR count). The summed E-state index contributed by atoms with van der Waals surface area (Å²) in [5.74, 6) is -0.427. The number of halogens is 1. The molecule has 0 saturated heterocycles. The van der Waals surface area contributed by atoms with Crippen LogP contribution in [0.2, 0.25) is 0 Å². The summed E-state index contributed by atoms with van der Waals surface area (Å²) in [6, 6.07) is 16.1. The summed E-state index contributed by atoms with van der Waals surface area (Å²) < 4.78 is 21.9. The molecule has 0 bridgehead atoms. The standard InChI is InChI=1S/C25H23FN8O2/c1-25(2,3)20-12-21(34(33-20)15-7-5-4-6-8-15)32-24(35)31-19-10-9-16(11-18(19)26)36-23-17(13-27)22(28)29-14-30-23/h4-12,14H,1-3H3,(H2,28,29,30)(H2,31,32,35). The molecule has 2 aromatic carbocycles. The molecule has 0 unspecified atom stereocenters. The molecule has 36 heavy (non-hydrogen) atoms. The van der Waals surface area contributed by atoms with Gasteiger partial charge in [0.25, 0.3) is 0 Å². The van der Waals surface area contributed by atoms with Gasteiger partial charge in [-0.2, -0.15) is 10.4 Å². The fraction of sp³-hybridized carbons (Fsp3) is 0.160. The maximum atomic E-state index is 14.8. The number of anilines is 3. The first-order valence-corrected chi connectivity index (χ1v) is 10.9. The van der Waals surface area contributed by atoms with Crippen molar-refractivity contribution in [2.45, 2.75) is 26.2 Å². The van der Waals surface area contributed by atoms with E-state index >= 15 is 0 Å². The first-order valence-electron chi connectivity index (χ1n) is 10.9. The third kappa shape index (κ3) is 5.23. The van der Waals surface area contributed by atoms with Crippen LogP contribution in [-0.4, -0.2) is 25.8 Å². The minimum Gasteiger partial charge on any atom is -0.437 e. The highest BCUT2D eigenvalue weighted by molar-refractivity contribution is 5.99. The summed E-state index contributed by atoms with van der Waals surface area (Å²) in [6.45, 7) is 6.05. The summed E-state index contributed by atoms with van der Waals surface area (Å²) in [6.07, 6.45) is 1.13. The molecular weight excluding hydrogens is 463 g/mol. The van der Waals surface area contributed by atoms with Crippen molar-refractivity contribution < 1.29 is 13.9 Å². The van der Waals surface area contributed by atoms with E-state index in [1.807, 2.05) is 57.2 Å². The van der Waals surface area contributed by atoms with Gasteiger partial charge in [0.1, 0.15) is 35.6 Å². The number of carbonyl (C=O) groups excluding carboxylic acids is 1. The van der Waals surface area contributed by atoms with Crippen molar-refractivity contribution in [3.63, 3.8) is 0 Å². The van der Waals surface area contributed by atoms with Gasteiger partial charge in [0.15, 0.2) is 5.56 Å². The molecule has 11 heteroatoms. The Hall–Kier alpha value is -4.98. The zero-order valence-electron chi connectivity index (χ0n) is 19.8. The lowest BCUT2D eigenvalue weighted by molar-refractivity contribution is 0.262. The van der Waals surface area contributed by atoms with Crippen LogP contribution in [0.15, 0.2) is 60.9 Å². The number of nitrogens with two attached hydrogens (primary N) is 1. The number of nitrogens with zero attached hydrogens (tertiary/aromatic N) is 5. The minimum absolute atomic E-state index is 0.0534. The lowest BCUT2D eigenvalue weighted by Gasteiger charge is -2.14. The predicted octanol–water partition coefficient (Wildman–Crippen LogP) is 4.99. The summed E-state index contributed by atoms with van der Waals surface area (Å²) in [5.41, 5.74) is 6.78. The zero-order valence-corrected chi connectivity index (χ0v) is 19.8. The lowest BCUT2D eigenvalue weighted by atomic mass is 9.92. The fourth-order valence-corrected chi connectivity index (χ4v) is 3.21. The van der Waals surface area contributed by atoms with E-state index in [0.717, 1.165) is 23.8 Å². The smallest absolute Gasteiger partial charge is 0.324 e. The number of hydrogen-bond acceptors (Lipinski definition) is 7. The van der Waals surface area contributed by atoms with Gasteiger partial charge in [-0.3, -0.25) is 5.32 Å². The molecule has 0 spiro atoms. The quantitative estimate of drug-likeness (QED) is 0.360. The molecule has 0 aliphatic rings. The Morgan fingerprint density at radius 1 is 1.11 bits per heavy atom. The molecule has 4 aromatic rings. The third-order valence-corrected chi connectivity index (χ3v) is 5.08. The van der Waals surface area contributed by atoms with Crippen LogP contribution in [0.4, 0.5) is 26.5 Å². The zero-order chi connectivity index (χ0) is 25.9. The highest BCUT2D eigenvalue weighted by Crippen LogP contribution is 2.29. The van der Waals surface area contributed by atoms with Gasteiger partial charge in [0.05, 0.1) is 17.1 Å². The van der Waals surface area contributed by atoms with Crippen molar-refractivity contribution in [2.75, 3.05) is 16.4 Å². The van der Waals surface area contributed by atoms with Gasteiger partial charge in [-0.15, -0.1) is 0 Å². The number of benzene rings is 2. The number of amides is 2. The molecule has 2 heterocycles. The summed E-state index contributed by atoms with van der Waals surface area (Å²) in [7, 11) is 0. The van der Waals surface area contributed by atoms with Gasteiger partial charge in [0, 0.05) is 17.5 Å². The van der Waals surface area contributed by atoms with Crippen LogP contribution < -0.4 is 21.1 Å². The van der Waals surface area contributed by atoms with Crippen LogP contribution >= 0.6 is 0 Å². The van der Waals surface area contributed by atoms with Gasteiger partial charge in [-0.05, 0) is 24.3 Å². The van der Waals surface area contributed by atoms with Crippen molar-refractivity contribution in [1.82, 2.24) is 19.7 Å². The first-order chi connectivity index (χ1) is 17.2. The number of nitrogen functional groups attached to an aromatic ring is 1. The number of ether oxygens (including phenoxy) is 1. The van der Waals surface area contributed by atoms with Crippen molar-refractivity contribution >= 4 is 23.4 Å². The Kier molecular flexibility index (Phi) is 6.52. The summed E-state index contributed by atoms with van der Waals surface area (Å²) >= 11 is 0. The van der Waals surface area contributed by atoms with Gasteiger partial charge in [-0.25, -0.2) is 23.8 Å². The number of nitriles is 1. The van der Waals surface area contributed by atoms with E-state index in [1.165, 1.54) is 12.1 Å². The molecular formula is C25H23FN8O2. The first kappa shape index (κ1) is 24.2. The lowest BCUT2D eigenvalue weighted by Crippen LogP contribution is -2.22. The van der Waals surface area contributed by atoms with E-state index in [2.05, 4.69) is 25.7 Å². The maximum absolute atomic E-state index is 14.8. The Morgan fingerprint density at radius 3 is 2.53 bits per heavy atom. The van der Waals surface area contributed by atoms with Crippen LogP contribution in [0, 0.1) is 17.1 Å². The SMILES string of the molecule is CC(C)(C)c1cc(NC(=O)Nc2ccc(Oc3ncnc(N)c3C#N)cc2F)n(-c2ccccc2)n1. The van der Waals surface area contributed by atoms with Crippen molar-refractivity contribution in [3.8, 4) is 23.4 Å². The van der Waals surface area contributed by atoms with Crippen LogP contribution in [0.3, 0.4) is 0 Å². The van der Waals surface area contributed by atoms with Crippen LogP contribution in [0.1, 0.15) is 32.0 Å². The topological polar surface area (TPSA) is 144 Å². The highest BCUT2D eigenvalue weighted by atomic mass is 19.1. The Labute approximate surface area is 206 Å². The maximum Gasteiger partial charge on any atom is 0.324 e. The van der Waals surface area contributed by atoms with E-state index in [1.54, 1.807) is 10.7 Å². The molecule has 2 aromatic heterocycles. The molecule has 0 fully saturated rings. The number of rotatable bonds is 5. The van der Waals surface area contributed by atoms with Gasteiger partial charge in [0.2, 0.25) is 5.88 Å². The molecule has 0 aliphatic heterocycles. The molecule has 182 valence electrons. The van der Waals surface area contributed by atoms with Crippen molar-refractivity contribution in [1.29, 1.82) is 5.26 Å². The third-order valence-electron chi connectivity index (χ3n) is 5.08. The molecule has 4 N–H and O–H groups in total. The number of aromatic nitrogens is 4. The predicted molar refractivity (Wildman–Crippen MR) is 133 cm³/mol. The molecule has 10 nitrogen and oxygen atoms in total. The Bertz CT molecular complexity index is 1460. The van der Waals surface area contributed by atoms with E-state index < -0.39 is 11.8 Å². The Morgan fingerprint density at radius 2 is 1.86 bits per heavy atom. The number of hydrogen-bond donors (Lipinski definition) is 3. The second-order valence-corrected chi connectivity index (χ2v) is 8.79. The number of para-hydroxylation sites is 1. The average Bonchev–Trinajstić information content (AvgIpc) is 3.26. The van der Waals surface area contributed by atoms with E-state index in [0.29, 0.717) is 5.82 Å². The van der Waals surface area contributed by atoms with Gasteiger partial charge < -0.3 is 15.8 Å². The number of nitrogens with one attached hydrogen (secondary N) is 2. The monoisotopic (exact) mass is 486 g/mol. The molecule has 0 atom stereocenters. The second kappa shape index (κ2) is 9.71. The van der Waals surface area contributed by atoms with Crippen LogP contribution in [0.5, 0.6) is 11.6 Å². The molecule has 0 saturated carbocycles. The highest BCUT2D eigenvalue weighted by Gasteiger charge is 2.22. The summed E-state index contributed by atoms with van der Waals surface area (Å²) in [5, 5.41) is 19.1. The van der Waals surface area contributed by atoms with E-state index in [4.69, 9.17) is 10.5 Å². The minimum atomic E-state index is -0.755. The number of urea groups is 1. The fourth-order valence-electron chi connectivity index (χ4n) is 3.21. The molecule has 2 amide bonds. The van der Waals surface area contributed by atoms with Gasteiger partial charge >= 0.3 is 6.03 Å². The summed E-state index contributed by atoms with van der Waals surface area (Å²) in [4.78, 5) is 20.3.